The Bertz CT molecular complexity index is 373. The summed E-state index contributed by atoms with van der Waals surface area (Å²) in [5.74, 6) is 0.529. The highest BCUT2D eigenvalue weighted by Crippen LogP contribution is 2.12. The van der Waals surface area contributed by atoms with Crippen LogP contribution in [0.4, 0.5) is 0 Å². The van der Waals surface area contributed by atoms with Crippen LogP contribution in [0.25, 0.3) is 0 Å². The lowest BCUT2D eigenvalue weighted by Crippen LogP contribution is -2.38. The minimum absolute atomic E-state index is 0.0255. The number of aryl methyl sites for hydroxylation is 1. The van der Waals surface area contributed by atoms with Gasteiger partial charge in [-0.2, -0.15) is 0 Å². The molecule has 1 aliphatic rings. The molecule has 2 heterocycles. The molecule has 17 heavy (non-hydrogen) atoms. The van der Waals surface area contributed by atoms with Crippen molar-refractivity contribution in [3.63, 3.8) is 0 Å². The van der Waals surface area contributed by atoms with E-state index in [2.05, 4.69) is 20.2 Å². The summed E-state index contributed by atoms with van der Waals surface area (Å²) < 4.78 is 3.83. The molecule has 1 amide bonds. The van der Waals surface area contributed by atoms with E-state index in [0.29, 0.717) is 10.8 Å². The van der Waals surface area contributed by atoms with Gasteiger partial charge < -0.3 is 10.6 Å². The summed E-state index contributed by atoms with van der Waals surface area (Å²) in [6, 6.07) is 0. The molecule has 0 aromatic carbocycles. The van der Waals surface area contributed by atoms with Crippen LogP contribution in [-0.2, 0) is 6.42 Å². The van der Waals surface area contributed by atoms with Crippen molar-refractivity contribution in [2.45, 2.75) is 26.2 Å². The molecule has 0 radical (unpaired) electrons. The predicted molar refractivity (Wildman–Crippen MR) is 67.2 cm³/mol. The molecule has 2 N–H and O–H groups in total. The van der Waals surface area contributed by atoms with Crippen LogP contribution in [-0.4, -0.2) is 35.1 Å². The molecule has 5 nitrogen and oxygen atoms in total. The Morgan fingerprint density at radius 2 is 2.53 bits per heavy atom. The maximum absolute atomic E-state index is 11.9. The van der Waals surface area contributed by atoms with Gasteiger partial charge in [-0.3, -0.25) is 4.79 Å². The van der Waals surface area contributed by atoms with Gasteiger partial charge in [0.25, 0.3) is 5.91 Å². The van der Waals surface area contributed by atoms with Crippen molar-refractivity contribution in [3.8, 4) is 0 Å². The molecule has 94 valence electrons. The fraction of sp³-hybridized carbons (Fsp3) is 0.727. The number of rotatable bonds is 4. The SMILES string of the molecule is CCc1nnsc1C(=O)NCC1CCCNC1. The molecule has 1 aromatic heterocycles. The molecule has 1 fully saturated rings. The molecule has 0 aliphatic carbocycles. The van der Waals surface area contributed by atoms with Crippen molar-refractivity contribution < 1.29 is 4.79 Å². The quantitative estimate of drug-likeness (QED) is 0.835. The second-order valence-corrected chi connectivity index (χ2v) is 5.08. The largest absolute Gasteiger partial charge is 0.351 e. The van der Waals surface area contributed by atoms with E-state index in [1.54, 1.807) is 0 Å². The Morgan fingerprint density at radius 3 is 3.24 bits per heavy atom. The first-order chi connectivity index (χ1) is 8.31. The monoisotopic (exact) mass is 254 g/mol. The number of hydrogen-bond acceptors (Lipinski definition) is 5. The summed E-state index contributed by atoms with van der Waals surface area (Å²) >= 11 is 1.18. The van der Waals surface area contributed by atoms with Crippen LogP contribution in [0.1, 0.15) is 35.1 Å². The molecular formula is C11H18N4OS. The highest BCUT2D eigenvalue weighted by atomic mass is 32.1. The number of nitrogens with zero attached hydrogens (tertiary/aromatic N) is 2. The summed E-state index contributed by atoms with van der Waals surface area (Å²) in [6.07, 6.45) is 3.14. The Kier molecular flexibility index (Phi) is 4.44. The summed E-state index contributed by atoms with van der Waals surface area (Å²) in [4.78, 5) is 12.6. The minimum Gasteiger partial charge on any atom is -0.351 e. The van der Waals surface area contributed by atoms with E-state index in [9.17, 15) is 4.79 Å². The van der Waals surface area contributed by atoms with Crippen molar-refractivity contribution in [3.05, 3.63) is 10.6 Å². The van der Waals surface area contributed by atoms with E-state index >= 15 is 0 Å². The van der Waals surface area contributed by atoms with Gasteiger partial charge in [0.15, 0.2) is 0 Å². The van der Waals surface area contributed by atoms with Crippen LogP contribution in [0.15, 0.2) is 0 Å². The smallest absolute Gasteiger partial charge is 0.264 e. The van der Waals surface area contributed by atoms with Crippen molar-refractivity contribution in [2.24, 2.45) is 5.92 Å². The van der Waals surface area contributed by atoms with Crippen molar-refractivity contribution >= 4 is 17.4 Å². The summed E-state index contributed by atoms with van der Waals surface area (Å²) in [5, 5.41) is 10.3. The van der Waals surface area contributed by atoms with E-state index in [1.165, 1.54) is 24.4 Å². The Hall–Kier alpha value is -1.01. The molecule has 6 heteroatoms. The van der Waals surface area contributed by atoms with Gasteiger partial charge in [-0.25, -0.2) is 0 Å². The Balaban J connectivity index is 1.84. The van der Waals surface area contributed by atoms with Crippen LogP contribution in [0.2, 0.25) is 0 Å². The predicted octanol–water partition coefficient (Wildman–Crippen LogP) is 0.830. The fourth-order valence-electron chi connectivity index (χ4n) is 2.03. The second-order valence-electron chi connectivity index (χ2n) is 4.32. The van der Waals surface area contributed by atoms with Crippen molar-refractivity contribution in [1.29, 1.82) is 0 Å². The van der Waals surface area contributed by atoms with Gasteiger partial charge in [0, 0.05) is 6.54 Å². The normalized spacial score (nSPS) is 20.2. The standard InChI is InChI=1S/C11H18N4OS/c1-2-9-10(17-15-14-9)11(16)13-7-8-4-3-5-12-6-8/h8,12H,2-7H2,1H3,(H,13,16). The molecule has 1 saturated heterocycles. The van der Waals surface area contributed by atoms with E-state index in [0.717, 1.165) is 31.7 Å². The van der Waals surface area contributed by atoms with E-state index in [1.807, 2.05) is 6.92 Å². The maximum Gasteiger partial charge on any atom is 0.264 e. The average Bonchev–Trinajstić information content (AvgIpc) is 2.85. The molecule has 1 atom stereocenters. The third-order valence-electron chi connectivity index (χ3n) is 3.05. The van der Waals surface area contributed by atoms with Gasteiger partial charge in [-0.05, 0) is 49.8 Å². The lowest BCUT2D eigenvalue weighted by molar-refractivity contribution is 0.0948. The number of aromatic nitrogens is 2. The molecular weight excluding hydrogens is 236 g/mol. The number of carbonyl (C=O) groups excluding carboxylic acids is 1. The van der Waals surface area contributed by atoms with Crippen molar-refractivity contribution in [2.75, 3.05) is 19.6 Å². The second kappa shape index (κ2) is 6.07. The third-order valence-corrected chi connectivity index (χ3v) is 3.81. The number of hydrogen-bond donors (Lipinski definition) is 2. The van der Waals surface area contributed by atoms with Crippen LogP contribution in [0, 0.1) is 5.92 Å². The topological polar surface area (TPSA) is 66.9 Å². The lowest BCUT2D eigenvalue weighted by Gasteiger charge is -2.22. The molecule has 0 spiro atoms. The summed E-state index contributed by atoms with van der Waals surface area (Å²) in [6.45, 7) is 4.83. The van der Waals surface area contributed by atoms with Crippen LogP contribution >= 0.6 is 11.5 Å². The molecule has 0 bridgehead atoms. The van der Waals surface area contributed by atoms with Crippen LogP contribution in [0.5, 0.6) is 0 Å². The van der Waals surface area contributed by atoms with E-state index in [-0.39, 0.29) is 5.91 Å². The molecule has 1 aliphatic heterocycles. The van der Waals surface area contributed by atoms with Crippen molar-refractivity contribution in [1.82, 2.24) is 20.2 Å². The molecule has 2 rings (SSSR count). The first-order valence-electron chi connectivity index (χ1n) is 6.11. The number of amides is 1. The molecule has 1 unspecified atom stereocenters. The zero-order valence-corrected chi connectivity index (χ0v) is 10.8. The van der Waals surface area contributed by atoms with Crippen LogP contribution in [0.3, 0.4) is 0 Å². The fourth-order valence-corrected chi connectivity index (χ4v) is 2.69. The molecule has 0 saturated carbocycles. The lowest BCUT2D eigenvalue weighted by atomic mass is 10.00. The van der Waals surface area contributed by atoms with Gasteiger partial charge >= 0.3 is 0 Å². The van der Waals surface area contributed by atoms with Gasteiger partial charge in [-0.15, -0.1) is 5.10 Å². The van der Waals surface area contributed by atoms with Gasteiger partial charge in [0.2, 0.25) is 0 Å². The van der Waals surface area contributed by atoms with E-state index < -0.39 is 0 Å². The first kappa shape index (κ1) is 12.4. The highest BCUT2D eigenvalue weighted by molar-refractivity contribution is 7.08. The van der Waals surface area contributed by atoms with Crippen LogP contribution < -0.4 is 10.6 Å². The maximum atomic E-state index is 11.9. The zero-order chi connectivity index (χ0) is 12.1. The van der Waals surface area contributed by atoms with E-state index in [4.69, 9.17) is 0 Å². The Labute approximate surface area is 105 Å². The third kappa shape index (κ3) is 3.23. The Morgan fingerprint density at radius 1 is 1.65 bits per heavy atom. The number of carbonyl (C=O) groups is 1. The summed E-state index contributed by atoms with van der Waals surface area (Å²) in [5.41, 5.74) is 0.800. The number of nitrogens with one attached hydrogen (secondary N) is 2. The first-order valence-corrected chi connectivity index (χ1v) is 6.88. The van der Waals surface area contributed by atoms with Gasteiger partial charge in [0.1, 0.15) is 4.88 Å². The zero-order valence-electron chi connectivity index (χ0n) is 10.0. The highest BCUT2D eigenvalue weighted by Gasteiger charge is 2.17. The van der Waals surface area contributed by atoms with Gasteiger partial charge in [0.05, 0.1) is 5.69 Å². The number of piperidine rings is 1. The summed E-state index contributed by atoms with van der Waals surface area (Å²) in [7, 11) is 0. The van der Waals surface area contributed by atoms with Gasteiger partial charge in [-0.1, -0.05) is 11.4 Å². The molecule has 1 aromatic rings. The average molecular weight is 254 g/mol. The minimum atomic E-state index is -0.0255.